The second-order valence-electron chi connectivity index (χ2n) is 8.58. The number of nitrogens with zero attached hydrogens (tertiary/aromatic N) is 1. The number of aliphatic hydroxyl groups is 1. The van der Waals surface area contributed by atoms with Gasteiger partial charge in [0.25, 0.3) is 5.91 Å². The molecule has 2 aromatic carbocycles. The fraction of sp³-hybridized carbons (Fsp3) is 0.360. The minimum Gasteiger partial charge on any atom is -0.495 e. The smallest absolute Gasteiger partial charge is 0.416 e. The Bertz CT molecular complexity index is 1230. The fourth-order valence-electron chi connectivity index (χ4n) is 4.23. The number of methoxy groups -OCH3 is 1. The lowest BCUT2D eigenvalue weighted by molar-refractivity contribution is -0.137. The van der Waals surface area contributed by atoms with Gasteiger partial charge in [0.1, 0.15) is 5.75 Å². The monoisotopic (exact) mass is 507 g/mol. The van der Waals surface area contributed by atoms with Crippen molar-refractivity contribution in [2.75, 3.05) is 12.4 Å². The summed E-state index contributed by atoms with van der Waals surface area (Å²) in [6.45, 7) is 0.264. The Hall–Kier alpha value is -3.04. The Kier molecular flexibility index (Phi) is 7.37. The molecule has 0 radical (unpaired) electrons. The van der Waals surface area contributed by atoms with Crippen LogP contribution >= 0.6 is 11.6 Å². The molecule has 35 heavy (non-hydrogen) atoms. The molecule has 0 spiro atoms. The van der Waals surface area contributed by atoms with E-state index in [0.29, 0.717) is 47.5 Å². The van der Waals surface area contributed by atoms with Crippen LogP contribution in [0.5, 0.6) is 5.75 Å². The molecule has 186 valence electrons. The van der Waals surface area contributed by atoms with Crippen molar-refractivity contribution in [3.8, 4) is 5.75 Å². The molecule has 3 aromatic rings. The van der Waals surface area contributed by atoms with Gasteiger partial charge in [-0.2, -0.15) is 13.2 Å². The van der Waals surface area contributed by atoms with Crippen molar-refractivity contribution >= 4 is 34.1 Å². The SMILES string of the molecule is COc1ccc(CNc2c(C(=O)N[C@H]3CC[C@H](O)CC3)cnc3cc(C(F)(F)F)ccc23)cc1Cl. The van der Waals surface area contributed by atoms with Crippen molar-refractivity contribution in [2.45, 2.75) is 50.6 Å². The van der Waals surface area contributed by atoms with Crippen LogP contribution in [0, 0.1) is 0 Å². The maximum Gasteiger partial charge on any atom is 0.416 e. The largest absolute Gasteiger partial charge is 0.495 e. The van der Waals surface area contributed by atoms with Gasteiger partial charge >= 0.3 is 6.18 Å². The predicted molar refractivity (Wildman–Crippen MR) is 128 cm³/mol. The number of aromatic nitrogens is 1. The second-order valence-corrected chi connectivity index (χ2v) is 8.99. The van der Waals surface area contributed by atoms with Crippen molar-refractivity contribution in [1.82, 2.24) is 10.3 Å². The first kappa shape index (κ1) is 25.1. The number of pyridine rings is 1. The molecular formula is C25H25ClF3N3O3. The summed E-state index contributed by atoms with van der Waals surface area (Å²) in [6, 6.07) is 8.40. The lowest BCUT2D eigenvalue weighted by atomic mass is 9.93. The zero-order valence-corrected chi connectivity index (χ0v) is 19.7. The topological polar surface area (TPSA) is 83.5 Å². The third-order valence-electron chi connectivity index (χ3n) is 6.16. The standard InChI is InChI=1S/C25H25ClF3N3O3/c1-35-22-9-2-14(10-20(22)26)12-31-23-18-8-3-15(25(27,28)29)11-21(18)30-13-19(23)24(34)32-16-4-6-17(33)7-5-16/h2-3,8-11,13,16-17,33H,4-7,12H2,1H3,(H,30,31)(H,32,34)/t16-,17-. The van der Waals surface area contributed by atoms with E-state index >= 15 is 0 Å². The van der Waals surface area contributed by atoms with Gasteiger partial charge < -0.3 is 20.5 Å². The number of amides is 1. The molecule has 0 atom stereocenters. The number of hydrogen-bond acceptors (Lipinski definition) is 5. The van der Waals surface area contributed by atoms with E-state index in [1.54, 1.807) is 18.2 Å². The molecule has 0 bridgehead atoms. The molecule has 1 heterocycles. The molecule has 3 N–H and O–H groups in total. The van der Waals surface area contributed by atoms with Gasteiger partial charge in [0.15, 0.2) is 0 Å². The van der Waals surface area contributed by atoms with E-state index in [4.69, 9.17) is 16.3 Å². The first-order chi connectivity index (χ1) is 16.7. The van der Waals surface area contributed by atoms with E-state index in [-0.39, 0.29) is 35.7 Å². The van der Waals surface area contributed by atoms with Crippen LogP contribution in [0.15, 0.2) is 42.6 Å². The highest BCUT2D eigenvalue weighted by atomic mass is 35.5. The number of rotatable bonds is 6. The zero-order valence-electron chi connectivity index (χ0n) is 19.0. The molecule has 10 heteroatoms. The van der Waals surface area contributed by atoms with Crippen molar-refractivity contribution in [3.63, 3.8) is 0 Å². The summed E-state index contributed by atoms with van der Waals surface area (Å²) in [5, 5.41) is 16.7. The number of halogens is 4. The predicted octanol–water partition coefficient (Wildman–Crippen LogP) is 5.56. The van der Waals surface area contributed by atoms with E-state index in [0.717, 1.165) is 17.7 Å². The lowest BCUT2D eigenvalue weighted by Crippen LogP contribution is -2.38. The highest BCUT2D eigenvalue weighted by Crippen LogP contribution is 2.34. The maximum absolute atomic E-state index is 13.2. The quantitative estimate of drug-likeness (QED) is 0.407. The maximum atomic E-state index is 13.2. The minimum atomic E-state index is -4.51. The number of nitrogens with one attached hydrogen (secondary N) is 2. The van der Waals surface area contributed by atoms with Crippen LogP contribution in [0.1, 0.15) is 47.2 Å². The summed E-state index contributed by atoms with van der Waals surface area (Å²) < 4.78 is 44.9. The van der Waals surface area contributed by atoms with Crippen LogP contribution in [0.2, 0.25) is 5.02 Å². The van der Waals surface area contributed by atoms with Gasteiger partial charge in [-0.15, -0.1) is 0 Å². The molecule has 1 aromatic heterocycles. The first-order valence-corrected chi connectivity index (χ1v) is 11.6. The zero-order chi connectivity index (χ0) is 25.2. The Morgan fingerprint density at radius 3 is 2.57 bits per heavy atom. The van der Waals surface area contributed by atoms with Gasteiger partial charge in [-0.25, -0.2) is 0 Å². The van der Waals surface area contributed by atoms with Crippen LogP contribution in [-0.4, -0.2) is 35.3 Å². The number of benzene rings is 2. The van der Waals surface area contributed by atoms with E-state index in [9.17, 15) is 23.1 Å². The normalized spacial score (nSPS) is 18.3. The number of alkyl halides is 3. The highest BCUT2D eigenvalue weighted by Gasteiger charge is 2.31. The number of aliphatic hydroxyl groups excluding tert-OH is 1. The molecule has 0 aliphatic heterocycles. The summed E-state index contributed by atoms with van der Waals surface area (Å²) in [7, 11) is 1.51. The van der Waals surface area contributed by atoms with Crippen LogP contribution in [0.25, 0.3) is 10.9 Å². The third kappa shape index (κ3) is 5.79. The van der Waals surface area contributed by atoms with Crippen molar-refractivity contribution in [1.29, 1.82) is 0 Å². The van der Waals surface area contributed by atoms with Crippen molar-refractivity contribution in [3.05, 3.63) is 64.3 Å². The Morgan fingerprint density at radius 1 is 1.17 bits per heavy atom. The van der Waals surface area contributed by atoms with E-state index in [1.165, 1.54) is 19.4 Å². The molecule has 1 amide bonds. The van der Waals surface area contributed by atoms with E-state index < -0.39 is 11.7 Å². The number of carbonyl (C=O) groups excluding carboxylic acids is 1. The van der Waals surface area contributed by atoms with Crippen LogP contribution in [0.3, 0.4) is 0 Å². The van der Waals surface area contributed by atoms with Crippen LogP contribution in [0.4, 0.5) is 18.9 Å². The van der Waals surface area contributed by atoms with E-state index in [1.807, 2.05) is 0 Å². The number of anilines is 1. The van der Waals surface area contributed by atoms with E-state index in [2.05, 4.69) is 15.6 Å². The number of carbonyl (C=O) groups is 1. The summed E-state index contributed by atoms with van der Waals surface area (Å²) in [5.41, 5.74) is 0.697. The van der Waals surface area contributed by atoms with Crippen molar-refractivity contribution < 1.29 is 27.8 Å². The van der Waals surface area contributed by atoms with Gasteiger partial charge in [0.2, 0.25) is 0 Å². The fourth-order valence-corrected chi connectivity index (χ4v) is 4.51. The third-order valence-corrected chi connectivity index (χ3v) is 6.45. The summed E-state index contributed by atoms with van der Waals surface area (Å²) in [6.07, 6.45) is -1.08. The minimum absolute atomic E-state index is 0.0950. The average Bonchev–Trinajstić information content (AvgIpc) is 2.83. The molecule has 1 fully saturated rings. The van der Waals surface area contributed by atoms with Gasteiger partial charge in [0, 0.05) is 24.2 Å². The van der Waals surface area contributed by atoms with Crippen molar-refractivity contribution in [2.24, 2.45) is 0 Å². The molecular weight excluding hydrogens is 483 g/mol. The molecule has 0 saturated heterocycles. The summed E-state index contributed by atoms with van der Waals surface area (Å²) >= 11 is 6.22. The van der Waals surface area contributed by atoms with Gasteiger partial charge in [-0.3, -0.25) is 9.78 Å². The Morgan fingerprint density at radius 2 is 1.91 bits per heavy atom. The molecule has 4 rings (SSSR count). The molecule has 6 nitrogen and oxygen atoms in total. The van der Waals surface area contributed by atoms with Gasteiger partial charge in [-0.05, 0) is 55.5 Å². The highest BCUT2D eigenvalue weighted by molar-refractivity contribution is 6.32. The first-order valence-electron chi connectivity index (χ1n) is 11.2. The molecule has 1 aliphatic carbocycles. The lowest BCUT2D eigenvalue weighted by Gasteiger charge is -2.26. The number of fused-ring (bicyclic) bond motifs is 1. The van der Waals surface area contributed by atoms with Crippen LogP contribution in [-0.2, 0) is 12.7 Å². The molecule has 0 unspecified atom stereocenters. The number of ether oxygens (including phenoxy) is 1. The summed E-state index contributed by atoms with van der Waals surface area (Å²) in [5.74, 6) is 0.137. The Balaban J connectivity index is 1.67. The summed E-state index contributed by atoms with van der Waals surface area (Å²) in [4.78, 5) is 17.3. The average molecular weight is 508 g/mol. The molecule has 1 aliphatic rings. The Labute approximate surface area is 205 Å². The molecule has 1 saturated carbocycles. The second kappa shape index (κ2) is 10.3. The van der Waals surface area contributed by atoms with Crippen LogP contribution < -0.4 is 15.4 Å². The van der Waals surface area contributed by atoms with Gasteiger partial charge in [0.05, 0.1) is 40.6 Å². The van der Waals surface area contributed by atoms with Gasteiger partial charge in [-0.1, -0.05) is 23.7 Å². The number of hydrogen-bond donors (Lipinski definition) is 3.